The minimum atomic E-state index is -5.38. The Morgan fingerprint density at radius 2 is 1.07 bits per heavy atom. The van der Waals surface area contributed by atoms with Crippen LogP contribution >= 0.6 is 11.6 Å². The van der Waals surface area contributed by atoms with Crippen molar-refractivity contribution >= 4 is 93.9 Å². The Labute approximate surface area is 397 Å². The van der Waals surface area contributed by atoms with Crippen molar-refractivity contribution in [1.29, 1.82) is 0 Å². The second-order valence-electron chi connectivity index (χ2n) is 11.7. The van der Waals surface area contributed by atoms with Gasteiger partial charge in [0.2, 0.25) is 17.2 Å². The van der Waals surface area contributed by atoms with E-state index in [1.807, 2.05) is 0 Å². The molecular weight excluding hydrogens is 859 g/mol. The molecule has 5 aromatic rings. The van der Waals surface area contributed by atoms with Gasteiger partial charge in [0.25, 0.3) is 0 Å². The Morgan fingerprint density at radius 1 is 0.596 bits per heavy atom. The molecular formula is C32H23ClN7Na3O11S3. The number of aromatic nitrogens is 3. The Kier molecular flexibility index (Phi) is 15.4. The van der Waals surface area contributed by atoms with E-state index in [1.54, 1.807) is 0 Å². The van der Waals surface area contributed by atoms with Crippen molar-refractivity contribution in [2.24, 2.45) is 0 Å². The third-order valence-corrected chi connectivity index (χ3v) is 11.5. The molecule has 57 heavy (non-hydrogen) atoms. The molecule has 0 amide bonds. The maximum atomic E-state index is 13.9. The van der Waals surface area contributed by atoms with E-state index in [1.165, 1.54) is 63.2 Å². The number of nitrogens with zero attached hydrogens (tertiary/aromatic N) is 3. The number of benzene rings is 4. The maximum absolute atomic E-state index is 13.9. The normalized spacial score (nSPS) is 12.3. The molecule has 1 aromatic heterocycles. The first-order chi connectivity index (χ1) is 25.1. The van der Waals surface area contributed by atoms with Gasteiger partial charge in [0.15, 0.2) is 11.6 Å². The second-order valence-corrected chi connectivity index (χ2v) is 16.1. The topological polar surface area (TPSA) is 307 Å². The zero-order valence-corrected chi connectivity index (χ0v) is 39.9. The molecule has 1 heterocycles. The van der Waals surface area contributed by atoms with Crippen LogP contribution in [0.4, 0.5) is 40.3 Å². The standard InChI is InChI=1S/C32H26ClN7O11S3.3Na/c1-13-25(35-19-12-21(53(46,47)48)24(34)23-22(19)27(41)16-8-4-5-9-17(16)28(23)42)14(2)29(54(49,50)51)15(3)26(13)37-32-39-30(33)38-31(40-32)36-18-10-6-7-11-20(18)52(43,44)45;;;/h4-12,35H,34H2,1-3H3,(H,43,44,45)(H,46,47,48)(H,49,50,51)(H2,36,37,38,39,40);;;/q;3*+1/p-3. The van der Waals surface area contributed by atoms with Crippen molar-refractivity contribution in [3.8, 4) is 0 Å². The van der Waals surface area contributed by atoms with E-state index < -0.39 is 84.4 Å². The van der Waals surface area contributed by atoms with Crippen LogP contribution in [-0.2, 0) is 30.4 Å². The van der Waals surface area contributed by atoms with Crippen LogP contribution < -0.4 is 110 Å². The summed E-state index contributed by atoms with van der Waals surface area (Å²) in [5, 5.41) is 7.64. The van der Waals surface area contributed by atoms with Gasteiger partial charge in [-0.1, -0.05) is 36.4 Å². The average Bonchev–Trinajstić information content (AvgIpc) is 3.06. The first-order valence-electron chi connectivity index (χ1n) is 15.1. The van der Waals surface area contributed by atoms with Gasteiger partial charge in [0, 0.05) is 16.8 Å². The van der Waals surface area contributed by atoms with Gasteiger partial charge in [-0.05, 0) is 67.3 Å². The van der Waals surface area contributed by atoms with Gasteiger partial charge in [0.05, 0.1) is 48.6 Å². The first kappa shape index (κ1) is 48.8. The number of carbonyl (C=O) groups excluding carboxylic acids is 2. The van der Waals surface area contributed by atoms with Gasteiger partial charge in [0.1, 0.15) is 30.4 Å². The van der Waals surface area contributed by atoms with Crippen molar-refractivity contribution in [3.63, 3.8) is 0 Å². The van der Waals surface area contributed by atoms with E-state index >= 15 is 0 Å². The van der Waals surface area contributed by atoms with Crippen LogP contribution in [0.1, 0.15) is 48.5 Å². The summed E-state index contributed by atoms with van der Waals surface area (Å²) < 4.78 is 111. The molecule has 0 saturated carbocycles. The van der Waals surface area contributed by atoms with Crippen LogP contribution in [0.15, 0.2) is 69.3 Å². The average molecular weight is 882 g/mol. The predicted octanol–water partition coefficient (Wildman–Crippen LogP) is -5.24. The smallest absolute Gasteiger partial charge is 0.744 e. The van der Waals surface area contributed by atoms with E-state index in [4.69, 9.17) is 17.3 Å². The molecule has 1 aliphatic carbocycles. The summed E-state index contributed by atoms with van der Waals surface area (Å²) in [4.78, 5) is 37.1. The predicted molar refractivity (Wildman–Crippen MR) is 190 cm³/mol. The molecule has 280 valence electrons. The van der Waals surface area contributed by atoms with Crippen LogP contribution in [0, 0.1) is 20.8 Å². The number of nitrogens with one attached hydrogen (secondary N) is 3. The number of ketones is 2. The Morgan fingerprint density at radius 3 is 1.60 bits per heavy atom. The van der Waals surface area contributed by atoms with Crippen LogP contribution in [0.2, 0.25) is 5.28 Å². The Hall–Kier alpha value is -2.55. The fraction of sp³-hybridized carbons (Fsp3) is 0.0938. The number of nitrogen functional groups attached to an aromatic ring is 1. The second kappa shape index (κ2) is 18.0. The van der Waals surface area contributed by atoms with Gasteiger partial charge in [-0.25, -0.2) is 25.3 Å². The molecule has 0 aliphatic heterocycles. The molecule has 4 aromatic carbocycles. The third kappa shape index (κ3) is 9.59. The van der Waals surface area contributed by atoms with Crippen LogP contribution in [0.3, 0.4) is 0 Å². The number of carbonyl (C=O) groups is 2. The van der Waals surface area contributed by atoms with Gasteiger partial charge < -0.3 is 35.3 Å². The molecule has 6 rings (SSSR count). The summed E-state index contributed by atoms with van der Waals surface area (Å²) in [7, 11) is -15.6. The number of rotatable bonds is 9. The molecule has 25 heteroatoms. The van der Waals surface area contributed by atoms with Crippen molar-refractivity contribution in [2.45, 2.75) is 35.5 Å². The van der Waals surface area contributed by atoms with Gasteiger partial charge >= 0.3 is 88.7 Å². The van der Waals surface area contributed by atoms with Crippen LogP contribution in [0.5, 0.6) is 0 Å². The molecule has 5 N–H and O–H groups in total. The van der Waals surface area contributed by atoms with Crippen LogP contribution in [0.25, 0.3) is 0 Å². The molecule has 18 nitrogen and oxygen atoms in total. The van der Waals surface area contributed by atoms with Crippen molar-refractivity contribution in [3.05, 3.63) is 98.8 Å². The molecule has 0 radical (unpaired) electrons. The number of nitrogens with two attached hydrogens (primary N) is 1. The van der Waals surface area contributed by atoms with Crippen molar-refractivity contribution in [1.82, 2.24) is 15.0 Å². The van der Waals surface area contributed by atoms with E-state index in [2.05, 4.69) is 30.9 Å². The number of fused-ring (bicyclic) bond motifs is 2. The summed E-state index contributed by atoms with van der Waals surface area (Å²) in [6, 6.07) is 11.4. The summed E-state index contributed by atoms with van der Waals surface area (Å²) in [6.07, 6.45) is 0. The summed E-state index contributed by atoms with van der Waals surface area (Å²) in [5.74, 6) is -2.39. The van der Waals surface area contributed by atoms with Gasteiger partial charge in [-0.15, -0.1) is 0 Å². The minimum Gasteiger partial charge on any atom is -0.744 e. The zero-order chi connectivity index (χ0) is 39.7. The van der Waals surface area contributed by atoms with Gasteiger partial charge in [-0.3, -0.25) is 9.59 Å². The van der Waals surface area contributed by atoms with E-state index in [0.717, 1.165) is 12.1 Å². The van der Waals surface area contributed by atoms with Gasteiger partial charge in [-0.2, -0.15) is 15.0 Å². The number of hydrogen-bond donors (Lipinski definition) is 4. The van der Waals surface area contributed by atoms with Crippen molar-refractivity contribution < 1.29 is 137 Å². The van der Waals surface area contributed by atoms with E-state index in [9.17, 15) is 48.5 Å². The number of anilines is 7. The zero-order valence-electron chi connectivity index (χ0n) is 30.7. The third-order valence-electron chi connectivity index (χ3n) is 8.41. The fourth-order valence-electron chi connectivity index (χ4n) is 6.16. The molecule has 0 saturated heterocycles. The van der Waals surface area contributed by atoms with Crippen LogP contribution in [-0.4, -0.2) is 65.4 Å². The molecule has 0 unspecified atom stereocenters. The summed E-state index contributed by atoms with van der Waals surface area (Å²) in [6.45, 7) is 3.96. The Bertz CT molecular complexity index is 2850. The largest absolute Gasteiger partial charge is 1.00 e. The SMILES string of the molecule is Cc1c(Nc2nc(Cl)nc(Nc3ccccc3S(=O)(=O)[O-])n2)c(C)c(S(=O)(=O)[O-])c(C)c1Nc1cc(S(=O)(=O)[O-])c(N)c2c1C(=O)c1ccccc1C2=O.[Na+].[Na+].[Na+]. The summed E-state index contributed by atoms with van der Waals surface area (Å²) in [5.41, 5.74) is 2.89. The molecule has 0 spiro atoms. The van der Waals surface area contributed by atoms with E-state index in [-0.39, 0.29) is 145 Å². The minimum absolute atomic E-state index is 0. The van der Waals surface area contributed by atoms with Crippen molar-refractivity contribution in [2.75, 3.05) is 21.7 Å². The molecule has 0 bridgehead atoms. The number of halogens is 1. The molecule has 0 atom stereocenters. The van der Waals surface area contributed by atoms with E-state index in [0.29, 0.717) is 0 Å². The first-order valence-corrected chi connectivity index (χ1v) is 19.7. The number of hydrogen-bond acceptors (Lipinski definition) is 18. The maximum Gasteiger partial charge on any atom is 1.00 e. The Balaban J connectivity index is 0.00000290. The monoisotopic (exact) mass is 881 g/mol. The molecule has 1 aliphatic rings. The summed E-state index contributed by atoms with van der Waals surface area (Å²) >= 11 is 6.13. The fourth-order valence-corrected chi connectivity index (χ4v) is 8.54. The number of para-hydroxylation sites is 1. The molecule has 0 fully saturated rings. The quantitative estimate of drug-likeness (QED) is 0.0599.